The summed E-state index contributed by atoms with van der Waals surface area (Å²) in [4.78, 5) is 12.5. The molecule has 144 valence electrons. The summed E-state index contributed by atoms with van der Waals surface area (Å²) in [5, 5.41) is 3.58. The average molecular weight is 406 g/mol. The molecule has 1 aliphatic carbocycles. The highest BCUT2D eigenvalue weighted by Crippen LogP contribution is 2.28. The van der Waals surface area contributed by atoms with Crippen LogP contribution < -0.4 is 5.32 Å². The number of amides is 1. The van der Waals surface area contributed by atoms with E-state index in [1.165, 1.54) is 37.7 Å². The molecule has 1 aliphatic rings. The fourth-order valence-corrected chi connectivity index (χ4v) is 4.55. The third kappa shape index (κ3) is 5.04. The molecular formula is C22H27Cl2N2O+. The normalized spacial score (nSPS) is 15.6. The van der Waals surface area contributed by atoms with Crippen molar-refractivity contribution in [2.45, 2.75) is 44.7 Å². The SMILES string of the molecule is C[N+](C)(Cc1ccc(NC(=O)c2c(Cl)cccc2Cl)cc1)C1CCCCC1. The van der Waals surface area contributed by atoms with Crippen LogP contribution in [-0.2, 0) is 6.54 Å². The Labute approximate surface area is 171 Å². The number of hydrogen-bond acceptors (Lipinski definition) is 1. The molecule has 1 amide bonds. The van der Waals surface area contributed by atoms with Crippen molar-refractivity contribution in [3.05, 3.63) is 63.6 Å². The Kier molecular flexibility index (Phi) is 6.46. The van der Waals surface area contributed by atoms with Crippen LogP contribution >= 0.6 is 23.2 Å². The van der Waals surface area contributed by atoms with Crippen LogP contribution in [0.1, 0.15) is 48.0 Å². The van der Waals surface area contributed by atoms with Gasteiger partial charge in [0.05, 0.1) is 35.7 Å². The van der Waals surface area contributed by atoms with E-state index in [4.69, 9.17) is 23.2 Å². The molecule has 1 saturated carbocycles. The highest BCUT2D eigenvalue weighted by atomic mass is 35.5. The second kappa shape index (κ2) is 8.64. The average Bonchev–Trinajstić information content (AvgIpc) is 2.64. The van der Waals surface area contributed by atoms with E-state index in [-0.39, 0.29) is 5.91 Å². The molecule has 3 nitrogen and oxygen atoms in total. The van der Waals surface area contributed by atoms with Crippen molar-refractivity contribution in [3.8, 4) is 0 Å². The molecule has 2 aromatic rings. The molecule has 1 N–H and O–H groups in total. The predicted molar refractivity (Wildman–Crippen MR) is 114 cm³/mol. The number of anilines is 1. The summed E-state index contributed by atoms with van der Waals surface area (Å²) in [5.74, 6) is -0.295. The Hall–Kier alpha value is -1.55. The Morgan fingerprint density at radius 1 is 1.00 bits per heavy atom. The lowest BCUT2D eigenvalue weighted by molar-refractivity contribution is -0.929. The zero-order valence-corrected chi connectivity index (χ0v) is 17.5. The summed E-state index contributed by atoms with van der Waals surface area (Å²) in [6.45, 7) is 0.995. The van der Waals surface area contributed by atoms with Gasteiger partial charge in [-0.2, -0.15) is 0 Å². The maximum absolute atomic E-state index is 12.5. The Bertz CT molecular complexity index is 776. The molecule has 0 atom stereocenters. The van der Waals surface area contributed by atoms with E-state index < -0.39 is 0 Å². The molecule has 2 aromatic carbocycles. The Balaban J connectivity index is 1.66. The molecule has 0 saturated heterocycles. The second-order valence-electron chi connectivity index (χ2n) is 7.98. The number of carbonyl (C=O) groups excluding carboxylic acids is 1. The van der Waals surface area contributed by atoms with Gasteiger partial charge in [-0.25, -0.2) is 0 Å². The number of rotatable bonds is 5. The first kappa shape index (κ1) is 20.2. The molecule has 0 aromatic heterocycles. The molecule has 5 heteroatoms. The first-order valence-corrected chi connectivity index (χ1v) is 10.3. The molecule has 0 unspecified atom stereocenters. The van der Waals surface area contributed by atoms with Gasteiger partial charge in [-0.15, -0.1) is 0 Å². The van der Waals surface area contributed by atoms with E-state index in [9.17, 15) is 4.79 Å². The fourth-order valence-electron chi connectivity index (χ4n) is 3.98. The van der Waals surface area contributed by atoms with E-state index in [1.807, 2.05) is 12.1 Å². The lowest BCUT2D eigenvalue weighted by Gasteiger charge is -2.40. The van der Waals surface area contributed by atoms with Crippen LogP contribution in [0, 0.1) is 0 Å². The zero-order chi connectivity index (χ0) is 19.4. The Morgan fingerprint density at radius 2 is 1.59 bits per heavy atom. The van der Waals surface area contributed by atoms with Crippen LogP contribution in [-0.4, -0.2) is 30.5 Å². The third-order valence-electron chi connectivity index (χ3n) is 5.55. The summed E-state index contributed by atoms with van der Waals surface area (Å²) in [7, 11) is 4.65. The minimum atomic E-state index is -0.295. The maximum atomic E-state index is 12.5. The predicted octanol–water partition coefficient (Wildman–Crippen LogP) is 6.15. The topological polar surface area (TPSA) is 29.1 Å². The number of benzene rings is 2. The van der Waals surface area contributed by atoms with Crippen molar-refractivity contribution in [3.63, 3.8) is 0 Å². The van der Waals surface area contributed by atoms with Crippen molar-refractivity contribution in [2.24, 2.45) is 0 Å². The van der Waals surface area contributed by atoms with Gasteiger partial charge in [0.25, 0.3) is 5.91 Å². The Morgan fingerprint density at radius 3 is 2.19 bits per heavy atom. The van der Waals surface area contributed by atoms with Crippen molar-refractivity contribution in [1.82, 2.24) is 0 Å². The van der Waals surface area contributed by atoms with Gasteiger partial charge in [0.1, 0.15) is 6.54 Å². The first-order valence-electron chi connectivity index (χ1n) is 9.54. The van der Waals surface area contributed by atoms with Gasteiger partial charge in [-0.3, -0.25) is 4.79 Å². The summed E-state index contributed by atoms with van der Waals surface area (Å²) < 4.78 is 1.01. The van der Waals surface area contributed by atoms with Gasteiger partial charge in [0.15, 0.2) is 0 Å². The maximum Gasteiger partial charge on any atom is 0.258 e. The molecular weight excluding hydrogens is 379 g/mol. The summed E-state index contributed by atoms with van der Waals surface area (Å²) in [6.07, 6.45) is 6.71. The van der Waals surface area contributed by atoms with E-state index in [1.54, 1.807) is 18.2 Å². The van der Waals surface area contributed by atoms with E-state index >= 15 is 0 Å². The molecule has 0 aliphatic heterocycles. The largest absolute Gasteiger partial charge is 0.322 e. The quantitative estimate of drug-likeness (QED) is 0.593. The van der Waals surface area contributed by atoms with Gasteiger partial charge in [-0.1, -0.05) is 47.8 Å². The van der Waals surface area contributed by atoms with Crippen molar-refractivity contribution in [1.29, 1.82) is 0 Å². The third-order valence-corrected chi connectivity index (χ3v) is 6.18. The van der Waals surface area contributed by atoms with Crippen molar-refractivity contribution in [2.75, 3.05) is 19.4 Å². The van der Waals surface area contributed by atoms with Crippen LogP contribution in [0.4, 0.5) is 5.69 Å². The minimum Gasteiger partial charge on any atom is -0.322 e. The number of quaternary nitrogens is 1. The molecule has 0 bridgehead atoms. The van der Waals surface area contributed by atoms with E-state index in [0.717, 1.165) is 22.8 Å². The number of nitrogens with zero attached hydrogens (tertiary/aromatic N) is 1. The van der Waals surface area contributed by atoms with Gasteiger partial charge in [0, 0.05) is 11.3 Å². The van der Waals surface area contributed by atoms with Crippen LogP contribution in [0.2, 0.25) is 10.0 Å². The molecule has 0 heterocycles. The summed E-state index contributed by atoms with van der Waals surface area (Å²) in [5.41, 5.74) is 2.32. The lowest BCUT2D eigenvalue weighted by atomic mass is 9.92. The van der Waals surface area contributed by atoms with Gasteiger partial charge >= 0.3 is 0 Å². The molecule has 27 heavy (non-hydrogen) atoms. The van der Waals surface area contributed by atoms with Gasteiger partial charge in [0.2, 0.25) is 0 Å². The van der Waals surface area contributed by atoms with Crippen LogP contribution in [0.15, 0.2) is 42.5 Å². The van der Waals surface area contributed by atoms with Crippen LogP contribution in [0.3, 0.4) is 0 Å². The van der Waals surface area contributed by atoms with E-state index in [2.05, 4.69) is 31.5 Å². The van der Waals surface area contributed by atoms with Crippen LogP contribution in [0.25, 0.3) is 0 Å². The van der Waals surface area contributed by atoms with Crippen molar-refractivity contribution >= 4 is 34.8 Å². The van der Waals surface area contributed by atoms with Crippen molar-refractivity contribution < 1.29 is 9.28 Å². The number of carbonyl (C=O) groups is 1. The molecule has 0 radical (unpaired) electrons. The highest BCUT2D eigenvalue weighted by molar-refractivity contribution is 6.40. The second-order valence-corrected chi connectivity index (χ2v) is 8.79. The van der Waals surface area contributed by atoms with Gasteiger partial charge < -0.3 is 9.80 Å². The number of hydrogen-bond donors (Lipinski definition) is 1. The van der Waals surface area contributed by atoms with E-state index in [0.29, 0.717) is 15.6 Å². The lowest BCUT2D eigenvalue weighted by Crippen LogP contribution is -2.48. The molecule has 3 rings (SSSR count). The van der Waals surface area contributed by atoms with Gasteiger partial charge in [-0.05, 0) is 49.9 Å². The standard InChI is InChI=1S/C22H26Cl2N2O/c1-26(2,18-7-4-3-5-8-18)15-16-11-13-17(14-12-16)25-22(27)21-19(23)9-6-10-20(21)24/h6,9-14,18H,3-5,7-8,15H2,1-2H3/p+1. The molecule has 1 fully saturated rings. The molecule has 0 spiro atoms. The smallest absolute Gasteiger partial charge is 0.258 e. The number of nitrogens with one attached hydrogen (secondary N) is 1. The first-order chi connectivity index (χ1) is 12.9. The monoisotopic (exact) mass is 405 g/mol. The highest BCUT2D eigenvalue weighted by Gasteiger charge is 2.29. The summed E-state index contributed by atoms with van der Waals surface area (Å²) in [6, 6.07) is 13.9. The number of halogens is 2. The summed E-state index contributed by atoms with van der Waals surface area (Å²) >= 11 is 12.2. The van der Waals surface area contributed by atoms with Crippen LogP contribution in [0.5, 0.6) is 0 Å². The fraction of sp³-hybridized carbons (Fsp3) is 0.409. The zero-order valence-electron chi connectivity index (χ0n) is 16.0. The minimum absolute atomic E-state index is 0.295.